The molecule has 1 saturated heterocycles. The van der Waals surface area contributed by atoms with Crippen molar-refractivity contribution in [1.29, 1.82) is 0 Å². The highest BCUT2D eigenvalue weighted by Gasteiger charge is 2.40. The van der Waals surface area contributed by atoms with Gasteiger partial charge in [-0.2, -0.15) is 0 Å². The molecule has 2 N–H and O–H groups in total. The number of hydrogen-bond donors (Lipinski definition) is 2. The van der Waals surface area contributed by atoms with Crippen molar-refractivity contribution in [3.8, 4) is 0 Å². The van der Waals surface area contributed by atoms with Crippen LogP contribution in [0.25, 0.3) is 0 Å². The number of piperidine rings is 1. The van der Waals surface area contributed by atoms with E-state index in [0.29, 0.717) is 45.5 Å². The summed E-state index contributed by atoms with van der Waals surface area (Å²) in [5.74, 6) is -0.745. The molecule has 1 heterocycles. The normalized spacial score (nSPS) is 18.1. The first-order valence-corrected chi connectivity index (χ1v) is 7.29. The second-order valence-corrected chi connectivity index (χ2v) is 5.58. The highest BCUT2D eigenvalue weighted by Crippen LogP contribution is 2.35. The van der Waals surface area contributed by atoms with E-state index in [2.05, 4.69) is 5.32 Å². The molecule has 0 atom stereocenters. The Kier molecular flexibility index (Phi) is 6.26. The third-order valence-corrected chi connectivity index (χ3v) is 3.97. The molecule has 0 aromatic rings. The van der Waals surface area contributed by atoms with E-state index < -0.39 is 11.4 Å². The first kappa shape index (κ1) is 16.8. The van der Waals surface area contributed by atoms with E-state index in [-0.39, 0.29) is 12.1 Å². The molecule has 1 aliphatic heterocycles. The number of hydrogen-bond acceptors (Lipinski definition) is 3. The first-order valence-electron chi connectivity index (χ1n) is 7.29. The summed E-state index contributed by atoms with van der Waals surface area (Å²) in [6.45, 7) is 7.75. The highest BCUT2D eigenvalue weighted by molar-refractivity contribution is 5.77. The molecular weight excluding hydrogens is 260 g/mol. The summed E-state index contributed by atoms with van der Waals surface area (Å²) in [4.78, 5) is 24.9. The van der Waals surface area contributed by atoms with Crippen LogP contribution in [0.15, 0.2) is 0 Å². The van der Waals surface area contributed by atoms with E-state index in [4.69, 9.17) is 4.74 Å². The van der Waals surface area contributed by atoms with E-state index in [1.165, 1.54) is 0 Å². The number of carboxylic acid groups (broad SMARTS) is 1. The molecule has 1 rings (SSSR count). The van der Waals surface area contributed by atoms with Gasteiger partial charge in [-0.05, 0) is 33.1 Å². The second-order valence-electron chi connectivity index (χ2n) is 5.58. The van der Waals surface area contributed by atoms with Crippen molar-refractivity contribution in [1.82, 2.24) is 10.2 Å². The second kappa shape index (κ2) is 7.47. The number of carbonyl (C=O) groups excluding carboxylic acids is 1. The number of rotatable bonds is 6. The predicted molar refractivity (Wildman–Crippen MR) is 75.7 cm³/mol. The van der Waals surface area contributed by atoms with E-state index in [0.717, 1.165) is 0 Å². The topological polar surface area (TPSA) is 78.9 Å². The lowest BCUT2D eigenvalue weighted by Crippen LogP contribution is -2.49. The maximum atomic E-state index is 11.9. The van der Waals surface area contributed by atoms with Crippen LogP contribution in [-0.2, 0) is 9.53 Å². The predicted octanol–water partition coefficient (Wildman–Crippen LogP) is 1.70. The van der Waals surface area contributed by atoms with Crippen LogP contribution in [-0.4, -0.2) is 54.4 Å². The van der Waals surface area contributed by atoms with Gasteiger partial charge in [0.15, 0.2) is 0 Å². The number of urea groups is 1. The van der Waals surface area contributed by atoms with Gasteiger partial charge in [0.1, 0.15) is 0 Å². The minimum Gasteiger partial charge on any atom is -0.481 e. The van der Waals surface area contributed by atoms with Crippen molar-refractivity contribution in [2.24, 2.45) is 5.41 Å². The zero-order valence-electron chi connectivity index (χ0n) is 12.6. The van der Waals surface area contributed by atoms with Crippen molar-refractivity contribution >= 4 is 12.0 Å². The Morgan fingerprint density at radius 2 is 1.95 bits per heavy atom. The molecule has 20 heavy (non-hydrogen) atoms. The maximum absolute atomic E-state index is 11.9. The number of nitrogens with one attached hydrogen (secondary N) is 1. The lowest BCUT2D eigenvalue weighted by Gasteiger charge is -2.38. The van der Waals surface area contributed by atoms with Crippen molar-refractivity contribution in [2.45, 2.75) is 46.1 Å². The fourth-order valence-electron chi connectivity index (χ4n) is 2.42. The summed E-state index contributed by atoms with van der Waals surface area (Å²) in [7, 11) is 0. The monoisotopic (exact) mass is 286 g/mol. The van der Waals surface area contributed by atoms with E-state index in [9.17, 15) is 14.7 Å². The third kappa shape index (κ3) is 4.37. The number of nitrogens with zero attached hydrogens (tertiary/aromatic N) is 1. The molecule has 0 aliphatic carbocycles. The molecule has 116 valence electrons. The van der Waals surface area contributed by atoms with E-state index in [1.807, 2.05) is 20.8 Å². The Bertz CT molecular complexity index is 336. The van der Waals surface area contributed by atoms with Crippen LogP contribution in [0.1, 0.15) is 40.0 Å². The van der Waals surface area contributed by atoms with Crippen LogP contribution < -0.4 is 5.32 Å². The Hall–Kier alpha value is -1.30. The largest absolute Gasteiger partial charge is 0.481 e. The zero-order chi connectivity index (χ0) is 15.2. The molecule has 6 nitrogen and oxygen atoms in total. The number of likely N-dealkylation sites (tertiary alicyclic amines) is 1. The molecule has 0 aromatic carbocycles. The summed E-state index contributed by atoms with van der Waals surface area (Å²) in [5, 5.41) is 12.1. The fourth-order valence-corrected chi connectivity index (χ4v) is 2.42. The average molecular weight is 286 g/mol. The molecule has 0 bridgehead atoms. The molecule has 0 radical (unpaired) electrons. The number of carboxylic acids is 1. The SMILES string of the molecule is CCC1(C(=O)O)CCN(C(=O)NCCOC(C)C)CC1. The number of ether oxygens (including phenoxy) is 1. The van der Waals surface area contributed by atoms with Crippen LogP contribution in [0, 0.1) is 5.41 Å². The standard InChI is InChI=1S/C14H26N2O4/c1-4-14(12(17)18)5-8-16(9-6-14)13(19)15-7-10-20-11(2)3/h11H,4-10H2,1-3H3,(H,15,19)(H,17,18). The minimum absolute atomic E-state index is 0.132. The Balaban J connectivity index is 2.34. The Labute approximate surface area is 120 Å². The van der Waals surface area contributed by atoms with Crippen LogP contribution in [0.2, 0.25) is 0 Å². The van der Waals surface area contributed by atoms with Crippen LogP contribution in [0.3, 0.4) is 0 Å². The lowest BCUT2D eigenvalue weighted by molar-refractivity contribution is -0.151. The Morgan fingerprint density at radius 3 is 2.40 bits per heavy atom. The summed E-state index contributed by atoms with van der Waals surface area (Å²) in [6.07, 6.45) is 1.81. The fraction of sp³-hybridized carbons (Fsp3) is 0.857. The molecular formula is C14H26N2O4. The van der Waals surface area contributed by atoms with Gasteiger partial charge in [-0.15, -0.1) is 0 Å². The van der Waals surface area contributed by atoms with E-state index in [1.54, 1.807) is 4.90 Å². The number of amides is 2. The van der Waals surface area contributed by atoms with E-state index >= 15 is 0 Å². The van der Waals surface area contributed by atoms with Crippen molar-refractivity contribution < 1.29 is 19.4 Å². The van der Waals surface area contributed by atoms with Crippen molar-refractivity contribution in [2.75, 3.05) is 26.2 Å². The van der Waals surface area contributed by atoms with Gasteiger partial charge in [-0.3, -0.25) is 4.79 Å². The van der Waals surface area contributed by atoms with Crippen LogP contribution in [0.5, 0.6) is 0 Å². The summed E-state index contributed by atoms with van der Waals surface area (Å²) in [5.41, 5.74) is -0.655. The van der Waals surface area contributed by atoms with Crippen LogP contribution >= 0.6 is 0 Å². The average Bonchev–Trinajstić information content (AvgIpc) is 2.43. The van der Waals surface area contributed by atoms with Gasteiger partial charge in [0.05, 0.1) is 18.1 Å². The third-order valence-electron chi connectivity index (χ3n) is 3.97. The van der Waals surface area contributed by atoms with Gasteiger partial charge in [0, 0.05) is 19.6 Å². The van der Waals surface area contributed by atoms with Crippen molar-refractivity contribution in [3.05, 3.63) is 0 Å². The van der Waals surface area contributed by atoms with Crippen molar-refractivity contribution in [3.63, 3.8) is 0 Å². The molecule has 2 amide bonds. The molecule has 1 aliphatic rings. The Morgan fingerprint density at radius 1 is 1.35 bits per heavy atom. The summed E-state index contributed by atoms with van der Waals surface area (Å²) in [6, 6.07) is -0.132. The maximum Gasteiger partial charge on any atom is 0.317 e. The molecule has 0 spiro atoms. The number of carbonyl (C=O) groups is 2. The molecule has 0 saturated carbocycles. The van der Waals surface area contributed by atoms with Gasteiger partial charge in [-0.1, -0.05) is 6.92 Å². The van der Waals surface area contributed by atoms with Gasteiger partial charge in [0.2, 0.25) is 0 Å². The van der Waals surface area contributed by atoms with Gasteiger partial charge in [-0.25, -0.2) is 4.79 Å². The molecule has 0 unspecified atom stereocenters. The zero-order valence-corrected chi connectivity index (χ0v) is 12.6. The van der Waals surface area contributed by atoms with Gasteiger partial charge in [0.25, 0.3) is 0 Å². The number of aliphatic carboxylic acids is 1. The van der Waals surface area contributed by atoms with Gasteiger partial charge >= 0.3 is 12.0 Å². The molecule has 0 aromatic heterocycles. The molecule has 6 heteroatoms. The summed E-state index contributed by atoms with van der Waals surface area (Å²) >= 11 is 0. The quantitative estimate of drug-likeness (QED) is 0.728. The lowest BCUT2D eigenvalue weighted by atomic mass is 9.76. The molecule has 1 fully saturated rings. The summed E-state index contributed by atoms with van der Waals surface area (Å²) < 4.78 is 5.35. The first-order chi connectivity index (χ1) is 9.41. The highest BCUT2D eigenvalue weighted by atomic mass is 16.5. The van der Waals surface area contributed by atoms with Crippen LogP contribution in [0.4, 0.5) is 4.79 Å². The van der Waals surface area contributed by atoms with Gasteiger partial charge < -0.3 is 20.1 Å². The smallest absolute Gasteiger partial charge is 0.317 e. The minimum atomic E-state index is -0.745.